The molecule has 29 heavy (non-hydrogen) atoms. The summed E-state index contributed by atoms with van der Waals surface area (Å²) >= 11 is 1.37. The number of carbonyl (C=O) groups is 3. The molecule has 0 aliphatic heterocycles. The molecular weight excluding hydrogens is 392 g/mol. The Kier molecular flexibility index (Phi) is 6.87. The van der Waals surface area contributed by atoms with E-state index < -0.39 is 24.4 Å². The molecule has 154 valence electrons. The molecule has 0 spiro atoms. The third-order valence-electron chi connectivity index (χ3n) is 4.57. The smallest absolute Gasteiger partial charge is 0.306 e. The van der Waals surface area contributed by atoms with Gasteiger partial charge in [-0.05, 0) is 55.9 Å². The maximum Gasteiger partial charge on any atom is 0.306 e. The van der Waals surface area contributed by atoms with E-state index in [0.29, 0.717) is 23.6 Å². The zero-order valence-electron chi connectivity index (χ0n) is 16.3. The van der Waals surface area contributed by atoms with E-state index in [1.807, 2.05) is 31.2 Å². The molecular formula is C21H24N2O5S. The summed E-state index contributed by atoms with van der Waals surface area (Å²) < 4.78 is 10.6. The van der Waals surface area contributed by atoms with Gasteiger partial charge in [-0.25, -0.2) is 0 Å². The zero-order valence-corrected chi connectivity index (χ0v) is 17.1. The number of hydrogen-bond acceptors (Lipinski definition) is 6. The molecule has 3 N–H and O–H groups in total. The van der Waals surface area contributed by atoms with Gasteiger partial charge in [0.15, 0.2) is 6.61 Å². The number of hydrogen-bond donors (Lipinski definition) is 2. The highest BCUT2D eigenvalue weighted by Crippen LogP contribution is 2.38. The van der Waals surface area contributed by atoms with Crippen LogP contribution >= 0.6 is 11.3 Å². The number of benzene rings is 1. The number of amides is 2. The highest BCUT2D eigenvalue weighted by atomic mass is 32.1. The van der Waals surface area contributed by atoms with Gasteiger partial charge in [0.25, 0.3) is 11.8 Å². The van der Waals surface area contributed by atoms with Crippen LogP contribution in [0.15, 0.2) is 24.3 Å². The van der Waals surface area contributed by atoms with Gasteiger partial charge in [-0.1, -0.05) is 12.1 Å². The molecule has 0 unspecified atom stereocenters. The van der Waals surface area contributed by atoms with E-state index in [1.165, 1.54) is 11.3 Å². The summed E-state index contributed by atoms with van der Waals surface area (Å²) in [5, 5.41) is 3.09. The number of carbonyl (C=O) groups excluding carboxylic acids is 3. The number of thiophene rings is 1. The van der Waals surface area contributed by atoms with Gasteiger partial charge in [-0.15, -0.1) is 11.3 Å². The number of aryl methyl sites for hydroxylation is 2. The number of nitrogens with two attached hydrogens (primary N) is 1. The Morgan fingerprint density at radius 2 is 2.07 bits per heavy atom. The van der Waals surface area contributed by atoms with Gasteiger partial charge >= 0.3 is 5.97 Å². The van der Waals surface area contributed by atoms with Crippen molar-refractivity contribution in [3.05, 3.63) is 45.8 Å². The molecule has 1 aliphatic carbocycles. The molecule has 0 saturated carbocycles. The lowest BCUT2D eigenvalue weighted by Gasteiger charge is -2.08. The monoisotopic (exact) mass is 416 g/mol. The largest absolute Gasteiger partial charge is 0.494 e. The Morgan fingerprint density at radius 3 is 2.83 bits per heavy atom. The molecule has 2 amide bonds. The Labute approximate surface area is 173 Å². The summed E-state index contributed by atoms with van der Waals surface area (Å²) in [7, 11) is 0. The third-order valence-corrected chi connectivity index (χ3v) is 5.78. The van der Waals surface area contributed by atoms with Crippen LogP contribution < -0.4 is 15.8 Å². The second-order valence-electron chi connectivity index (χ2n) is 6.90. The topological polar surface area (TPSA) is 108 Å². The van der Waals surface area contributed by atoms with Gasteiger partial charge < -0.3 is 20.5 Å². The summed E-state index contributed by atoms with van der Waals surface area (Å²) in [4.78, 5) is 36.8. The SMILES string of the molecule is Cc1cccc(OCCCC(=O)OCC(=O)Nc2sc3c(c2C(N)=O)CCC3)c1. The third kappa shape index (κ3) is 5.57. The number of fused-ring (bicyclic) bond motifs is 1. The van der Waals surface area contributed by atoms with Gasteiger partial charge in [0.2, 0.25) is 0 Å². The molecule has 3 rings (SSSR count). The minimum atomic E-state index is -0.551. The minimum absolute atomic E-state index is 0.152. The van der Waals surface area contributed by atoms with E-state index in [4.69, 9.17) is 15.2 Å². The Morgan fingerprint density at radius 1 is 1.24 bits per heavy atom. The van der Waals surface area contributed by atoms with Gasteiger partial charge in [0.1, 0.15) is 10.8 Å². The van der Waals surface area contributed by atoms with Crippen molar-refractivity contribution in [2.24, 2.45) is 5.73 Å². The molecule has 1 aromatic heterocycles. The fraction of sp³-hybridized carbons (Fsp3) is 0.381. The lowest BCUT2D eigenvalue weighted by molar-refractivity contribution is -0.147. The van der Waals surface area contributed by atoms with Crippen molar-refractivity contribution in [1.29, 1.82) is 0 Å². The predicted molar refractivity (Wildman–Crippen MR) is 110 cm³/mol. The number of rotatable bonds is 9. The summed E-state index contributed by atoms with van der Waals surface area (Å²) in [6, 6.07) is 7.66. The van der Waals surface area contributed by atoms with Crippen LogP contribution in [-0.2, 0) is 27.2 Å². The fourth-order valence-electron chi connectivity index (χ4n) is 3.25. The lowest BCUT2D eigenvalue weighted by atomic mass is 10.1. The standard InChI is InChI=1S/C21H24N2O5S/c1-13-5-2-6-14(11-13)27-10-4-9-18(25)28-12-17(24)23-21-19(20(22)26)15-7-3-8-16(15)29-21/h2,5-6,11H,3-4,7-10,12H2,1H3,(H2,22,26)(H,23,24). The van der Waals surface area contributed by atoms with Crippen LogP contribution in [0.25, 0.3) is 0 Å². The fourth-order valence-corrected chi connectivity index (χ4v) is 4.56. The van der Waals surface area contributed by atoms with Crippen molar-refractivity contribution >= 4 is 34.1 Å². The zero-order chi connectivity index (χ0) is 20.8. The lowest BCUT2D eigenvalue weighted by Crippen LogP contribution is -2.22. The van der Waals surface area contributed by atoms with E-state index in [0.717, 1.165) is 41.0 Å². The van der Waals surface area contributed by atoms with Crippen LogP contribution in [0.4, 0.5) is 5.00 Å². The molecule has 0 bridgehead atoms. The molecule has 2 aromatic rings. The van der Waals surface area contributed by atoms with Crippen molar-refractivity contribution in [2.45, 2.75) is 39.0 Å². The molecule has 1 heterocycles. The summed E-state index contributed by atoms with van der Waals surface area (Å²) in [5.41, 5.74) is 7.89. The molecule has 1 aromatic carbocycles. The van der Waals surface area contributed by atoms with Crippen molar-refractivity contribution in [3.8, 4) is 5.75 Å². The van der Waals surface area contributed by atoms with Gasteiger partial charge in [-0.3, -0.25) is 14.4 Å². The maximum atomic E-state index is 12.1. The van der Waals surface area contributed by atoms with E-state index in [9.17, 15) is 14.4 Å². The molecule has 1 aliphatic rings. The number of anilines is 1. The van der Waals surface area contributed by atoms with Crippen molar-refractivity contribution in [2.75, 3.05) is 18.5 Å². The summed E-state index contributed by atoms with van der Waals surface area (Å²) in [5.74, 6) is -0.760. The van der Waals surface area contributed by atoms with Crippen molar-refractivity contribution in [3.63, 3.8) is 0 Å². The Balaban J connectivity index is 1.39. The Hall–Kier alpha value is -2.87. The van der Waals surface area contributed by atoms with Crippen LogP contribution in [0.1, 0.15) is 45.6 Å². The summed E-state index contributed by atoms with van der Waals surface area (Å²) in [6.07, 6.45) is 3.30. The molecule has 0 saturated heterocycles. The van der Waals surface area contributed by atoms with E-state index in [2.05, 4.69) is 5.32 Å². The van der Waals surface area contributed by atoms with Gasteiger partial charge in [0, 0.05) is 11.3 Å². The maximum absolute atomic E-state index is 12.1. The first kappa shape index (κ1) is 20.9. The molecule has 0 fully saturated rings. The first-order valence-electron chi connectivity index (χ1n) is 9.53. The molecule has 8 heteroatoms. The van der Waals surface area contributed by atoms with Crippen LogP contribution in [0, 0.1) is 6.92 Å². The van der Waals surface area contributed by atoms with E-state index in [1.54, 1.807) is 0 Å². The molecule has 7 nitrogen and oxygen atoms in total. The quantitative estimate of drug-likeness (QED) is 0.483. The van der Waals surface area contributed by atoms with Crippen LogP contribution in [0.5, 0.6) is 5.75 Å². The predicted octanol–water partition coefficient (Wildman–Crippen LogP) is 2.99. The first-order chi connectivity index (χ1) is 13.9. The van der Waals surface area contributed by atoms with E-state index >= 15 is 0 Å². The highest BCUT2D eigenvalue weighted by Gasteiger charge is 2.26. The first-order valence-corrected chi connectivity index (χ1v) is 10.3. The van der Waals surface area contributed by atoms with Crippen LogP contribution in [-0.4, -0.2) is 31.0 Å². The van der Waals surface area contributed by atoms with Crippen molar-refractivity contribution in [1.82, 2.24) is 0 Å². The normalized spacial score (nSPS) is 12.3. The Bertz CT molecular complexity index is 922. The molecule has 0 radical (unpaired) electrons. The average Bonchev–Trinajstić information content (AvgIpc) is 3.24. The number of primary amides is 1. The second-order valence-corrected chi connectivity index (χ2v) is 8.01. The van der Waals surface area contributed by atoms with Gasteiger partial charge in [-0.2, -0.15) is 0 Å². The molecule has 0 atom stereocenters. The number of esters is 1. The highest BCUT2D eigenvalue weighted by molar-refractivity contribution is 7.17. The van der Waals surface area contributed by atoms with Crippen LogP contribution in [0.2, 0.25) is 0 Å². The van der Waals surface area contributed by atoms with Crippen LogP contribution in [0.3, 0.4) is 0 Å². The minimum Gasteiger partial charge on any atom is -0.494 e. The van der Waals surface area contributed by atoms with Crippen molar-refractivity contribution < 1.29 is 23.9 Å². The number of ether oxygens (including phenoxy) is 2. The van der Waals surface area contributed by atoms with E-state index in [-0.39, 0.29) is 6.42 Å². The van der Waals surface area contributed by atoms with Gasteiger partial charge in [0.05, 0.1) is 12.2 Å². The average molecular weight is 416 g/mol. The summed E-state index contributed by atoms with van der Waals surface area (Å²) in [6.45, 7) is 1.96. The number of nitrogens with one attached hydrogen (secondary N) is 1. The second kappa shape index (κ2) is 9.56.